The van der Waals surface area contributed by atoms with Gasteiger partial charge in [0.2, 0.25) is 0 Å². The number of nitrogens with one attached hydrogen (secondary N) is 1. The third-order valence-electron chi connectivity index (χ3n) is 1.97. The van der Waals surface area contributed by atoms with E-state index in [1.807, 2.05) is 0 Å². The van der Waals surface area contributed by atoms with Gasteiger partial charge in [0.1, 0.15) is 0 Å². The summed E-state index contributed by atoms with van der Waals surface area (Å²) in [5.74, 6) is 0. The summed E-state index contributed by atoms with van der Waals surface area (Å²) >= 11 is 4.65. The highest BCUT2D eigenvalue weighted by molar-refractivity contribution is 7.87. The fourth-order valence-corrected chi connectivity index (χ4v) is 2.46. The smallest absolute Gasteiger partial charge is 0.279 e. The Balaban J connectivity index is 2.40. The number of ether oxygens (including phenoxy) is 1. The SMILES string of the molecule is NC(=S)CCNS(=O)(=O)N1CCOCC1. The van der Waals surface area contributed by atoms with Crippen LogP contribution in [0.1, 0.15) is 6.42 Å². The molecule has 3 N–H and O–H groups in total. The number of hydrogen-bond donors (Lipinski definition) is 2. The van der Waals surface area contributed by atoms with E-state index in [4.69, 9.17) is 10.5 Å². The van der Waals surface area contributed by atoms with Crippen molar-refractivity contribution in [2.24, 2.45) is 5.73 Å². The van der Waals surface area contributed by atoms with Crippen molar-refractivity contribution in [3.63, 3.8) is 0 Å². The normalized spacial score (nSPS) is 18.9. The van der Waals surface area contributed by atoms with Gasteiger partial charge in [0.25, 0.3) is 10.2 Å². The fourth-order valence-electron chi connectivity index (χ4n) is 1.18. The van der Waals surface area contributed by atoms with Crippen LogP contribution in [0.4, 0.5) is 0 Å². The van der Waals surface area contributed by atoms with Crippen molar-refractivity contribution in [1.29, 1.82) is 0 Å². The van der Waals surface area contributed by atoms with Crippen LogP contribution in [0.15, 0.2) is 0 Å². The number of nitrogens with zero attached hydrogens (tertiary/aromatic N) is 1. The molecule has 1 heterocycles. The first kappa shape index (κ1) is 12.8. The molecule has 0 aromatic carbocycles. The Morgan fingerprint density at radius 3 is 2.60 bits per heavy atom. The van der Waals surface area contributed by atoms with Crippen LogP contribution in [-0.4, -0.2) is 50.6 Å². The fraction of sp³-hybridized carbons (Fsp3) is 0.857. The van der Waals surface area contributed by atoms with E-state index in [2.05, 4.69) is 16.9 Å². The summed E-state index contributed by atoms with van der Waals surface area (Å²) in [6, 6.07) is 0. The molecule has 0 saturated carbocycles. The quantitative estimate of drug-likeness (QED) is 0.603. The third-order valence-corrected chi connectivity index (χ3v) is 3.78. The van der Waals surface area contributed by atoms with Crippen molar-refractivity contribution in [1.82, 2.24) is 9.03 Å². The molecule has 0 aliphatic carbocycles. The summed E-state index contributed by atoms with van der Waals surface area (Å²) in [6.45, 7) is 1.91. The second kappa shape index (κ2) is 5.71. The van der Waals surface area contributed by atoms with Crippen LogP contribution < -0.4 is 10.5 Å². The van der Waals surface area contributed by atoms with E-state index in [0.29, 0.717) is 37.7 Å². The average Bonchev–Trinajstić information content (AvgIpc) is 2.18. The molecule has 0 amide bonds. The van der Waals surface area contributed by atoms with Crippen molar-refractivity contribution in [2.75, 3.05) is 32.8 Å². The number of hydrogen-bond acceptors (Lipinski definition) is 4. The van der Waals surface area contributed by atoms with Crippen molar-refractivity contribution in [2.45, 2.75) is 6.42 Å². The maximum absolute atomic E-state index is 11.6. The molecule has 0 aromatic heterocycles. The molecule has 0 unspecified atom stereocenters. The van der Waals surface area contributed by atoms with Gasteiger partial charge in [-0.3, -0.25) is 0 Å². The lowest BCUT2D eigenvalue weighted by atomic mass is 10.4. The first-order valence-corrected chi connectivity index (χ1v) is 6.48. The van der Waals surface area contributed by atoms with Crippen molar-refractivity contribution in [3.05, 3.63) is 0 Å². The molecule has 1 saturated heterocycles. The monoisotopic (exact) mass is 253 g/mol. The standard InChI is InChI=1S/C7H15N3O3S2/c8-7(14)1-2-9-15(11,12)10-3-5-13-6-4-10/h9H,1-6H2,(H2,8,14). The summed E-state index contributed by atoms with van der Waals surface area (Å²) in [5, 5.41) is 0. The zero-order valence-electron chi connectivity index (χ0n) is 8.31. The summed E-state index contributed by atoms with van der Waals surface area (Å²) in [6.07, 6.45) is 0.374. The van der Waals surface area contributed by atoms with Gasteiger partial charge in [0.05, 0.1) is 18.2 Å². The molecule has 0 radical (unpaired) electrons. The van der Waals surface area contributed by atoms with E-state index in [-0.39, 0.29) is 6.54 Å². The largest absolute Gasteiger partial charge is 0.393 e. The Bertz CT molecular complexity index is 311. The molecule has 0 atom stereocenters. The van der Waals surface area contributed by atoms with E-state index >= 15 is 0 Å². The molecule has 8 heteroatoms. The van der Waals surface area contributed by atoms with Gasteiger partial charge < -0.3 is 10.5 Å². The Morgan fingerprint density at radius 1 is 1.47 bits per heavy atom. The molecule has 6 nitrogen and oxygen atoms in total. The van der Waals surface area contributed by atoms with E-state index in [9.17, 15) is 8.42 Å². The summed E-state index contributed by atoms with van der Waals surface area (Å²) < 4.78 is 32.1. The lowest BCUT2D eigenvalue weighted by molar-refractivity contribution is 0.0725. The molecule has 0 aromatic rings. The van der Waals surface area contributed by atoms with Gasteiger partial charge in [-0.2, -0.15) is 12.7 Å². The highest BCUT2D eigenvalue weighted by atomic mass is 32.2. The molecular weight excluding hydrogens is 238 g/mol. The topological polar surface area (TPSA) is 84.7 Å². The Kier molecular flexibility index (Phi) is 4.87. The highest BCUT2D eigenvalue weighted by Gasteiger charge is 2.23. The molecule has 1 aliphatic rings. The van der Waals surface area contributed by atoms with Crippen LogP contribution in [0.2, 0.25) is 0 Å². The molecule has 0 spiro atoms. The van der Waals surface area contributed by atoms with Crippen LogP contribution >= 0.6 is 12.2 Å². The summed E-state index contributed by atoms with van der Waals surface area (Å²) in [7, 11) is -3.39. The van der Waals surface area contributed by atoms with Crippen molar-refractivity contribution >= 4 is 27.4 Å². The number of nitrogens with two attached hydrogens (primary N) is 1. The first-order valence-electron chi connectivity index (χ1n) is 4.63. The Labute approximate surface area is 94.9 Å². The van der Waals surface area contributed by atoms with E-state index in [1.54, 1.807) is 0 Å². The lowest BCUT2D eigenvalue weighted by Gasteiger charge is -2.25. The molecule has 1 rings (SSSR count). The molecule has 1 fully saturated rings. The van der Waals surface area contributed by atoms with Gasteiger partial charge >= 0.3 is 0 Å². The number of morpholine rings is 1. The van der Waals surface area contributed by atoms with Crippen molar-refractivity contribution in [3.8, 4) is 0 Å². The Morgan fingerprint density at radius 2 is 2.07 bits per heavy atom. The van der Waals surface area contributed by atoms with Gasteiger partial charge in [0.15, 0.2) is 0 Å². The molecule has 1 aliphatic heterocycles. The summed E-state index contributed by atoms with van der Waals surface area (Å²) in [5.41, 5.74) is 5.26. The van der Waals surface area contributed by atoms with Gasteiger partial charge in [-0.05, 0) is 0 Å². The van der Waals surface area contributed by atoms with E-state index < -0.39 is 10.2 Å². The second-order valence-corrected chi connectivity index (χ2v) is 5.41. The zero-order chi connectivity index (χ0) is 11.3. The maximum atomic E-state index is 11.6. The van der Waals surface area contributed by atoms with E-state index in [0.717, 1.165) is 0 Å². The second-order valence-electron chi connectivity index (χ2n) is 3.13. The van der Waals surface area contributed by atoms with Gasteiger partial charge in [-0.1, -0.05) is 12.2 Å². The van der Waals surface area contributed by atoms with Crippen LogP contribution in [0.3, 0.4) is 0 Å². The number of rotatable bonds is 5. The zero-order valence-corrected chi connectivity index (χ0v) is 9.94. The number of thiocarbonyl (C=S) groups is 1. The minimum atomic E-state index is -3.39. The predicted molar refractivity (Wildman–Crippen MR) is 60.7 cm³/mol. The molecule has 0 bridgehead atoms. The molecule has 88 valence electrons. The van der Waals surface area contributed by atoms with Crippen LogP contribution in [0.5, 0.6) is 0 Å². The minimum Gasteiger partial charge on any atom is -0.393 e. The predicted octanol–water partition coefficient (Wildman–Crippen LogP) is -1.17. The summed E-state index contributed by atoms with van der Waals surface area (Å²) in [4.78, 5) is 0.305. The molecular formula is C7H15N3O3S2. The third kappa shape index (κ3) is 4.39. The van der Waals surface area contributed by atoms with Gasteiger partial charge in [0, 0.05) is 26.1 Å². The average molecular weight is 253 g/mol. The molecule has 15 heavy (non-hydrogen) atoms. The van der Waals surface area contributed by atoms with Crippen molar-refractivity contribution < 1.29 is 13.2 Å². The highest BCUT2D eigenvalue weighted by Crippen LogP contribution is 2.02. The van der Waals surface area contributed by atoms with Crippen LogP contribution in [-0.2, 0) is 14.9 Å². The van der Waals surface area contributed by atoms with Crippen LogP contribution in [0.25, 0.3) is 0 Å². The lowest BCUT2D eigenvalue weighted by Crippen LogP contribution is -2.47. The Hall–Kier alpha value is -0.280. The van der Waals surface area contributed by atoms with Gasteiger partial charge in [-0.25, -0.2) is 4.72 Å². The van der Waals surface area contributed by atoms with Gasteiger partial charge in [-0.15, -0.1) is 0 Å². The maximum Gasteiger partial charge on any atom is 0.279 e. The first-order chi connectivity index (χ1) is 7.02. The van der Waals surface area contributed by atoms with Crippen LogP contribution in [0, 0.1) is 0 Å². The van der Waals surface area contributed by atoms with E-state index in [1.165, 1.54) is 4.31 Å². The minimum absolute atomic E-state index is 0.245.